The van der Waals surface area contributed by atoms with Gasteiger partial charge >= 0.3 is 0 Å². The van der Waals surface area contributed by atoms with Gasteiger partial charge < -0.3 is 20.7 Å². The number of allylic oxidation sites excluding steroid dienone is 1. The molecule has 0 saturated carbocycles. The number of hydrogen-bond donors (Lipinski definition) is 3. The average molecular weight is 318 g/mol. The summed E-state index contributed by atoms with van der Waals surface area (Å²) in [7, 11) is 0. The molecule has 1 aromatic rings. The zero-order valence-electron chi connectivity index (χ0n) is 12.7. The van der Waals surface area contributed by atoms with Gasteiger partial charge in [-0.1, -0.05) is 6.58 Å². The third kappa shape index (κ3) is 3.97. The van der Waals surface area contributed by atoms with Crippen LogP contribution < -0.4 is 16.0 Å². The van der Waals surface area contributed by atoms with Crippen LogP contribution in [0.3, 0.4) is 0 Å². The first-order valence-corrected chi connectivity index (χ1v) is 8.04. The van der Waals surface area contributed by atoms with E-state index in [9.17, 15) is 0 Å². The van der Waals surface area contributed by atoms with E-state index < -0.39 is 0 Å². The van der Waals surface area contributed by atoms with Gasteiger partial charge in [0.15, 0.2) is 5.11 Å². The molecular formula is C16H22N4OS. The minimum absolute atomic E-state index is 0.665. The fourth-order valence-corrected chi connectivity index (χ4v) is 2.95. The molecule has 1 aromatic carbocycles. The highest BCUT2D eigenvalue weighted by Crippen LogP contribution is 2.29. The fourth-order valence-electron chi connectivity index (χ4n) is 2.73. The molecular weight excluding hydrogens is 296 g/mol. The number of ether oxygens (including phenoxy) is 1. The van der Waals surface area contributed by atoms with Gasteiger partial charge in [-0.2, -0.15) is 0 Å². The summed E-state index contributed by atoms with van der Waals surface area (Å²) in [6.45, 7) is 9.46. The van der Waals surface area contributed by atoms with Crippen molar-refractivity contribution in [2.24, 2.45) is 0 Å². The van der Waals surface area contributed by atoms with Crippen LogP contribution in [0.25, 0.3) is 0 Å². The molecule has 1 fully saturated rings. The standard InChI is InChI=1S/C16H22N4OS/c1-12-10-13-11-14(2-3-15(13)18-12)19-16(22)17-4-5-20-6-8-21-9-7-20/h2-3,11,18H,1,4-10H2,(H2,17,19,22). The number of morpholine rings is 1. The van der Waals surface area contributed by atoms with Crippen LogP contribution in [0.4, 0.5) is 11.4 Å². The van der Waals surface area contributed by atoms with Gasteiger partial charge in [-0.3, -0.25) is 4.90 Å². The number of rotatable bonds is 4. The van der Waals surface area contributed by atoms with E-state index in [0.29, 0.717) is 5.11 Å². The zero-order chi connectivity index (χ0) is 15.4. The monoisotopic (exact) mass is 318 g/mol. The van der Waals surface area contributed by atoms with E-state index in [-0.39, 0.29) is 0 Å². The van der Waals surface area contributed by atoms with Crippen molar-refractivity contribution in [2.75, 3.05) is 50.0 Å². The molecule has 22 heavy (non-hydrogen) atoms. The number of benzene rings is 1. The maximum Gasteiger partial charge on any atom is 0.170 e. The maximum atomic E-state index is 5.36. The van der Waals surface area contributed by atoms with Gasteiger partial charge in [0.1, 0.15) is 0 Å². The predicted molar refractivity (Wildman–Crippen MR) is 94.4 cm³/mol. The molecule has 0 bridgehead atoms. The van der Waals surface area contributed by atoms with Crippen LogP contribution in [0.2, 0.25) is 0 Å². The van der Waals surface area contributed by atoms with E-state index >= 15 is 0 Å². The van der Waals surface area contributed by atoms with Crippen molar-refractivity contribution in [3.63, 3.8) is 0 Å². The maximum absolute atomic E-state index is 5.36. The van der Waals surface area contributed by atoms with Crippen molar-refractivity contribution >= 4 is 28.7 Å². The van der Waals surface area contributed by atoms with Crippen molar-refractivity contribution in [1.82, 2.24) is 10.2 Å². The molecule has 0 aliphatic carbocycles. The first-order chi connectivity index (χ1) is 10.7. The van der Waals surface area contributed by atoms with Crippen LogP contribution in [-0.4, -0.2) is 49.4 Å². The van der Waals surface area contributed by atoms with Gasteiger partial charge in [0.25, 0.3) is 0 Å². The molecule has 0 unspecified atom stereocenters. The molecule has 3 N–H and O–H groups in total. The third-order valence-electron chi connectivity index (χ3n) is 3.90. The van der Waals surface area contributed by atoms with E-state index in [4.69, 9.17) is 17.0 Å². The van der Waals surface area contributed by atoms with Crippen molar-refractivity contribution in [3.8, 4) is 0 Å². The largest absolute Gasteiger partial charge is 0.379 e. The van der Waals surface area contributed by atoms with Gasteiger partial charge in [-0.25, -0.2) is 0 Å². The van der Waals surface area contributed by atoms with Gasteiger partial charge in [-0.15, -0.1) is 0 Å². The molecule has 5 nitrogen and oxygen atoms in total. The summed E-state index contributed by atoms with van der Waals surface area (Å²) in [5, 5.41) is 10.4. The number of nitrogens with one attached hydrogen (secondary N) is 3. The lowest BCUT2D eigenvalue weighted by molar-refractivity contribution is 0.0389. The number of nitrogens with zero attached hydrogens (tertiary/aromatic N) is 1. The minimum atomic E-state index is 0.665. The highest BCUT2D eigenvalue weighted by molar-refractivity contribution is 7.80. The van der Waals surface area contributed by atoms with Crippen molar-refractivity contribution in [2.45, 2.75) is 6.42 Å². The first-order valence-electron chi connectivity index (χ1n) is 7.63. The van der Waals surface area contributed by atoms with Crippen molar-refractivity contribution in [3.05, 3.63) is 36.0 Å². The van der Waals surface area contributed by atoms with Crippen LogP contribution >= 0.6 is 12.2 Å². The predicted octanol–water partition coefficient (Wildman–Crippen LogP) is 1.79. The molecule has 1 saturated heterocycles. The molecule has 0 aromatic heterocycles. The Morgan fingerprint density at radius 2 is 2.18 bits per heavy atom. The Hall–Kier alpha value is -1.63. The number of anilines is 2. The second kappa shape index (κ2) is 7.09. The summed E-state index contributed by atoms with van der Waals surface area (Å²) < 4.78 is 5.34. The SMILES string of the molecule is C=C1Cc2cc(NC(=S)NCCN3CCOCC3)ccc2N1. The Kier molecular flexibility index (Phi) is 4.92. The molecule has 0 spiro atoms. The van der Waals surface area contributed by atoms with E-state index in [1.165, 1.54) is 5.56 Å². The van der Waals surface area contributed by atoms with Crippen LogP contribution in [0, 0.1) is 0 Å². The molecule has 0 radical (unpaired) electrons. The quantitative estimate of drug-likeness (QED) is 0.736. The molecule has 2 aliphatic heterocycles. The van der Waals surface area contributed by atoms with Crippen LogP contribution in [0.5, 0.6) is 0 Å². The summed E-state index contributed by atoms with van der Waals surface area (Å²) in [6, 6.07) is 6.21. The molecule has 0 atom stereocenters. The van der Waals surface area contributed by atoms with E-state index in [2.05, 4.69) is 39.6 Å². The van der Waals surface area contributed by atoms with Gasteiger partial charge in [-0.05, 0) is 36.0 Å². The molecule has 2 aliphatic rings. The Labute approximate surface area is 136 Å². The Bertz CT molecular complexity index is 569. The Morgan fingerprint density at radius 1 is 1.36 bits per heavy atom. The van der Waals surface area contributed by atoms with Crippen LogP contribution in [0.15, 0.2) is 30.5 Å². The summed E-state index contributed by atoms with van der Waals surface area (Å²) >= 11 is 5.36. The second-order valence-electron chi connectivity index (χ2n) is 5.61. The number of fused-ring (bicyclic) bond motifs is 1. The average Bonchev–Trinajstić information content (AvgIpc) is 2.87. The smallest absolute Gasteiger partial charge is 0.170 e. The summed E-state index contributed by atoms with van der Waals surface area (Å²) in [6.07, 6.45) is 0.877. The highest BCUT2D eigenvalue weighted by Gasteiger charge is 2.13. The van der Waals surface area contributed by atoms with Gasteiger partial charge in [0, 0.05) is 49.7 Å². The Morgan fingerprint density at radius 3 is 3.00 bits per heavy atom. The number of hydrogen-bond acceptors (Lipinski definition) is 4. The third-order valence-corrected chi connectivity index (χ3v) is 4.14. The molecule has 118 valence electrons. The summed E-state index contributed by atoms with van der Waals surface area (Å²) in [5.41, 5.74) is 4.45. The summed E-state index contributed by atoms with van der Waals surface area (Å²) in [5.74, 6) is 0. The van der Waals surface area contributed by atoms with E-state index in [1.54, 1.807) is 0 Å². The number of thiocarbonyl (C=S) groups is 1. The lowest BCUT2D eigenvalue weighted by Gasteiger charge is -2.26. The van der Waals surface area contributed by atoms with Gasteiger partial charge in [0.05, 0.1) is 13.2 Å². The Balaban J connectivity index is 1.44. The van der Waals surface area contributed by atoms with E-state index in [0.717, 1.165) is 62.9 Å². The first kappa shape index (κ1) is 15.3. The normalized spacial score (nSPS) is 17.7. The second-order valence-corrected chi connectivity index (χ2v) is 6.02. The molecule has 6 heteroatoms. The molecule has 3 rings (SSSR count). The van der Waals surface area contributed by atoms with E-state index in [1.807, 2.05) is 6.07 Å². The minimum Gasteiger partial charge on any atom is -0.379 e. The zero-order valence-corrected chi connectivity index (χ0v) is 13.5. The highest BCUT2D eigenvalue weighted by atomic mass is 32.1. The van der Waals surface area contributed by atoms with Crippen molar-refractivity contribution < 1.29 is 4.74 Å². The molecule has 2 heterocycles. The molecule has 0 amide bonds. The van der Waals surface area contributed by atoms with Crippen LogP contribution in [0.1, 0.15) is 5.56 Å². The lowest BCUT2D eigenvalue weighted by Crippen LogP contribution is -2.42. The topological polar surface area (TPSA) is 48.6 Å². The summed E-state index contributed by atoms with van der Waals surface area (Å²) in [4.78, 5) is 2.38. The van der Waals surface area contributed by atoms with Crippen LogP contribution in [-0.2, 0) is 11.2 Å². The lowest BCUT2D eigenvalue weighted by atomic mass is 10.1. The fraction of sp³-hybridized carbons (Fsp3) is 0.438. The van der Waals surface area contributed by atoms with Crippen molar-refractivity contribution in [1.29, 1.82) is 0 Å². The van der Waals surface area contributed by atoms with Gasteiger partial charge in [0.2, 0.25) is 0 Å².